The van der Waals surface area contributed by atoms with Crippen LogP contribution in [0, 0.1) is 0 Å². The number of benzene rings is 1. The molecule has 0 radical (unpaired) electrons. The molecule has 0 aliphatic heterocycles. The van der Waals surface area contributed by atoms with E-state index in [1.807, 2.05) is 6.08 Å². The Morgan fingerprint density at radius 3 is 2.28 bits per heavy atom. The van der Waals surface area contributed by atoms with Crippen molar-refractivity contribution in [2.75, 3.05) is 13.2 Å². The van der Waals surface area contributed by atoms with Gasteiger partial charge in [0.05, 0.1) is 5.02 Å². The van der Waals surface area contributed by atoms with Crippen molar-refractivity contribution in [1.29, 1.82) is 0 Å². The first kappa shape index (κ1) is 22.2. The van der Waals surface area contributed by atoms with Crippen LogP contribution in [0.2, 0.25) is 10.0 Å². The molecule has 0 saturated heterocycles. The molecular weight excluding hydrogens is 402 g/mol. The average Bonchev–Trinajstić information content (AvgIpc) is 2.49. The van der Waals surface area contributed by atoms with Crippen LogP contribution in [0.25, 0.3) is 0 Å². The van der Waals surface area contributed by atoms with E-state index in [1.165, 1.54) is 17.2 Å². The lowest BCUT2D eigenvalue weighted by Crippen LogP contribution is -2.01. The molecule has 25 heavy (non-hydrogen) atoms. The van der Waals surface area contributed by atoms with Gasteiger partial charge in [0.1, 0.15) is 17.7 Å². The van der Waals surface area contributed by atoms with E-state index >= 15 is 0 Å². The van der Waals surface area contributed by atoms with Crippen LogP contribution in [-0.4, -0.2) is 13.2 Å². The molecule has 1 aromatic carbocycles. The summed E-state index contributed by atoms with van der Waals surface area (Å²) in [5, 5.41) is 0.848. The largest absolute Gasteiger partial charge is 0.485 e. The molecule has 0 aliphatic rings. The van der Waals surface area contributed by atoms with Gasteiger partial charge >= 0.3 is 0 Å². The Kier molecular flexibility index (Phi) is 10.4. The van der Waals surface area contributed by atoms with Crippen molar-refractivity contribution in [3.8, 4) is 11.5 Å². The minimum absolute atomic E-state index is 0.130. The van der Waals surface area contributed by atoms with Crippen LogP contribution in [0.3, 0.4) is 0 Å². The molecule has 0 amide bonds. The molecule has 0 bridgehead atoms. The Balaban J connectivity index is 2.73. The summed E-state index contributed by atoms with van der Waals surface area (Å²) in [6, 6.07) is 3.26. The van der Waals surface area contributed by atoms with Crippen LogP contribution in [0.5, 0.6) is 11.5 Å². The first-order valence-electron chi connectivity index (χ1n) is 7.84. The molecule has 1 aromatic rings. The fourth-order valence-corrected chi connectivity index (χ4v) is 2.59. The minimum atomic E-state index is 0.130. The fraction of sp³-hybridized carbons (Fsp3) is 0.368. The van der Waals surface area contributed by atoms with Crippen LogP contribution < -0.4 is 9.47 Å². The molecule has 0 aromatic heterocycles. The average molecular weight is 424 g/mol. The van der Waals surface area contributed by atoms with Gasteiger partial charge in [-0.05, 0) is 51.8 Å². The van der Waals surface area contributed by atoms with E-state index in [2.05, 4.69) is 26.8 Å². The van der Waals surface area contributed by atoms with Gasteiger partial charge < -0.3 is 9.47 Å². The van der Waals surface area contributed by atoms with Gasteiger partial charge in [-0.3, -0.25) is 0 Å². The first-order valence-corrected chi connectivity index (χ1v) is 9.35. The van der Waals surface area contributed by atoms with Crippen LogP contribution >= 0.6 is 46.4 Å². The van der Waals surface area contributed by atoms with Crippen molar-refractivity contribution in [1.82, 2.24) is 0 Å². The molecule has 2 nitrogen and oxygen atoms in total. The number of hydrogen-bond acceptors (Lipinski definition) is 2. The Morgan fingerprint density at radius 1 is 0.960 bits per heavy atom. The van der Waals surface area contributed by atoms with Crippen molar-refractivity contribution in [2.24, 2.45) is 0 Å². The van der Waals surface area contributed by atoms with Crippen LogP contribution in [-0.2, 0) is 0 Å². The molecule has 0 atom stereocenters. The van der Waals surface area contributed by atoms with Gasteiger partial charge in [0.25, 0.3) is 0 Å². The molecule has 0 saturated carbocycles. The molecule has 138 valence electrons. The third-order valence-electron chi connectivity index (χ3n) is 3.20. The van der Waals surface area contributed by atoms with Crippen molar-refractivity contribution in [3.63, 3.8) is 0 Å². The minimum Gasteiger partial charge on any atom is -0.485 e. The van der Waals surface area contributed by atoms with Gasteiger partial charge in [0.15, 0.2) is 11.5 Å². The molecule has 0 N–H and O–H groups in total. The summed E-state index contributed by atoms with van der Waals surface area (Å²) in [5.74, 6) is 0.887. The predicted molar refractivity (Wildman–Crippen MR) is 110 cm³/mol. The summed E-state index contributed by atoms with van der Waals surface area (Å²) in [5.41, 5.74) is 2.58. The summed E-state index contributed by atoms with van der Waals surface area (Å²) in [6.07, 6.45) is 7.78. The zero-order chi connectivity index (χ0) is 18.8. The number of hydrogen-bond donors (Lipinski definition) is 0. The maximum Gasteiger partial charge on any atom is 0.180 e. The lowest BCUT2D eigenvalue weighted by molar-refractivity contribution is 0.307. The van der Waals surface area contributed by atoms with Crippen molar-refractivity contribution >= 4 is 46.4 Å². The Morgan fingerprint density at radius 2 is 1.64 bits per heavy atom. The molecule has 6 heteroatoms. The second-order valence-electron chi connectivity index (χ2n) is 5.70. The van der Waals surface area contributed by atoms with E-state index in [0.717, 1.165) is 12.8 Å². The van der Waals surface area contributed by atoms with Gasteiger partial charge in [-0.15, -0.1) is 0 Å². The van der Waals surface area contributed by atoms with Gasteiger partial charge in [-0.25, -0.2) is 0 Å². The normalized spacial score (nSPS) is 11.1. The van der Waals surface area contributed by atoms with E-state index in [-0.39, 0.29) is 11.1 Å². The summed E-state index contributed by atoms with van der Waals surface area (Å²) in [7, 11) is 0. The third kappa shape index (κ3) is 9.46. The van der Waals surface area contributed by atoms with Crippen LogP contribution in [0.1, 0.15) is 33.6 Å². The number of allylic oxidation sites excluding steroid dienone is 3. The number of ether oxygens (including phenoxy) is 2. The summed E-state index contributed by atoms with van der Waals surface area (Å²) >= 11 is 23.4. The number of rotatable bonds is 9. The molecule has 0 heterocycles. The second kappa shape index (κ2) is 11.7. The van der Waals surface area contributed by atoms with E-state index in [0.29, 0.717) is 28.2 Å². The Hall–Kier alpha value is -0.800. The highest BCUT2D eigenvalue weighted by Gasteiger charge is 2.12. The zero-order valence-electron chi connectivity index (χ0n) is 14.5. The summed E-state index contributed by atoms with van der Waals surface area (Å²) in [6.45, 7) is 6.85. The second-order valence-corrected chi connectivity index (χ2v) is 7.55. The lowest BCUT2D eigenvalue weighted by Gasteiger charge is -2.13. The van der Waals surface area contributed by atoms with Crippen LogP contribution in [0.15, 0.2) is 46.0 Å². The van der Waals surface area contributed by atoms with Crippen molar-refractivity contribution in [3.05, 3.63) is 56.0 Å². The molecule has 0 spiro atoms. The Bertz CT molecular complexity index is 656. The standard InChI is InChI=1S/C19H22Cl4O2/c1-13(2)5-4-6-14(3)7-9-25-19-16(21)11-15(20)12-17(19)24-10-8-18(22)23/h5,7-8,11-12H,4,6,9-10H2,1-3H3. The maximum absolute atomic E-state index is 6.22. The molecule has 0 fully saturated rings. The lowest BCUT2D eigenvalue weighted by atomic mass is 10.1. The Labute approximate surface area is 170 Å². The molecule has 0 aliphatic carbocycles. The molecule has 1 rings (SSSR count). The zero-order valence-corrected chi connectivity index (χ0v) is 17.6. The fourth-order valence-electron chi connectivity index (χ4n) is 1.94. The van der Waals surface area contributed by atoms with E-state index < -0.39 is 0 Å². The van der Waals surface area contributed by atoms with Gasteiger partial charge in [0.2, 0.25) is 0 Å². The molecular formula is C19H22Cl4O2. The topological polar surface area (TPSA) is 18.5 Å². The monoisotopic (exact) mass is 422 g/mol. The van der Waals surface area contributed by atoms with Gasteiger partial charge in [0, 0.05) is 11.1 Å². The number of halogens is 4. The maximum atomic E-state index is 6.22. The van der Waals surface area contributed by atoms with Gasteiger partial charge in [-0.1, -0.05) is 63.6 Å². The predicted octanol–water partition coefficient (Wildman–Crippen LogP) is 7.76. The highest BCUT2D eigenvalue weighted by molar-refractivity contribution is 6.55. The van der Waals surface area contributed by atoms with E-state index in [4.69, 9.17) is 55.9 Å². The van der Waals surface area contributed by atoms with Crippen LogP contribution in [0.4, 0.5) is 0 Å². The quantitative estimate of drug-likeness (QED) is 0.377. The highest BCUT2D eigenvalue weighted by Crippen LogP contribution is 2.38. The highest BCUT2D eigenvalue weighted by atomic mass is 35.5. The summed E-state index contributed by atoms with van der Waals surface area (Å²) in [4.78, 5) is 0. The smallest absolute Gasteiger partial charge is 0.180 e. The van der Waals surface area contributed by atoms with E-state index in [9.17, 15) is 0 Å². The molecule has 0 unspecified atom stereocenters. The third-order valence-corrected chi connectivity index (χ3v) is 4.01. The van der Waals surface area contributed by atoms with Crippen molar-refractivity contribution < 1.29 is 9.47 Å². The van der Waals surface area contributed by atoms with Crippen molar-refractivity contribution in [2.45, 2.75) is 33.6 Å². The van der Waals surface area contributed by atoms with E-state index in [1.54, 1.807) is 12.1 Å². The SMILES string of the molecule is CC(C)=CCCC(C)=CCOc1c(Cl)cc(Cl)cc1OCC=C(Cl)Cl. The first-order chi connectivity index (χ1) is 11.8. The van der Waals surface area contributed by atoms with Gasteiger partial charge in [-0.2, -0.15) is 0 Å². The summed E-state index contributed by atoms with van der Waals surface area (Å²) < 4.78 is 11.5.